The normalized spacial score (nSPS) is 11.9. The van der Waals surface area contributed by atoms with Gasteiger partial charge in [0.25, 0.3) is 0 Å². The maximum Gasteiger partial charge on any atom is 0.243 e. The maximum atomic E-state index is 13.3. The minimum Gasteiger partial charge on any atom is -0.396 e. The van der Waals surface area contributed by atoms with E-state index in [9.17, 15) is 14.0 Å². The van der Waals surface area contributed by atoms with Gasteiger partial charge in [0.15, 0.2) is 0 Å². The number of benzene rings is 2. The van der Waals surface area contributed by atoms with Crippen LogP contribution in [0.1, 0.15) is 31.4 Å². The highest BCUT2D eigenvalue weighted by molar-refractivity contribution is 5.88. The second-order valence-corrected chi connectivity index (χ2v) is 7.32. The summed E-state index contributed by atoms with van der Waals surface area (Å²) in [5.41, 5.74) is 1.69. The van der Waals surface area contributed by atoms with Gasteiger partial charge in [0, 0.05) is 32.0 Å². The summed E-state index contributed by atoms with van der Waals surface area (Å²) in [5.74, 6) is -1.05. The third kappa shape index (κ3) is 6.98. The third-order valence-corrected chi connectivity index (χ3v) is 4.63. The summed E-state index contributed by atoms with van der Waals surface area (Å²) in [6.45, 7) is 4.11. The lowest BCUT2D eigenvalue weighted by atomic mass is 10.0. The van der Waals surface area contributed by atoms with Crippen LogP contribution in [-0.2, 0) is 22.6 Å². The van der Waals surface area contributed by atoms with E-state index in [0.717, 1.165) is 11.1 Å². The number of rotatable bonds is 10. The van der Waals surface area contributed by atoms with Crippen molar-refractivity contribution in [2.75, 3.05) is 13.2 Å². The molecule has 0 heterocycles. The van der Waals surface area contributed by atoms with E-state index in [2.05, 4.69) is 5.32 Å². The fourth-order valence-corrected chi connectivity index (χ4v) is 3.05. The first-order valence-corrected chi connectivity index (χ1v) is 9.89. The van der Waals surface area contributed by atoms with Crippen molar-refractivity contribution in [2.45, 2.75) is 39.3 Å². The summed E-state index contributed by atoms with van der Waals surface area (Å²) >= 11 is 0. The number of aliphatic hydroxyl groups is 1. The Hall–Kier alpha value is -2.73. The van der Waals surface area contributed by atoms with Crippen molar-refractivity contribution < 1.29 is 19.1 Å². The Morgan fingerprint density at radius 3 is 2.28 bits per heavy atom. The summed E-state index contributed by atoms with van der Waals surface area (Å²) in [7, 11) is 0. The summed E-state index contributed by atoms with van der Waals surface area (Å²) < 4.78 is 13.3. The first kappa shape index (κ1) is 22.6. The molecule has 6 heteroatoms. The van der Waals surface area contributed by atoms with Crippen molar-refractivity contribution in [1.82, 2.24) is 10.2 Å². The van der Waals surface area contributed by atoms with Crippen LogP contribution in [0.2, 0.25) is 0 Å². The highest BCUT2D eigenvalue weighted by Gasteiger charge is 2.31. The van der Waals surface area contributed by atoms with Gasteiger partial charge < -0.3 is 15.3 Å². The predicted octanol–water partition coefficient (Wildman–Crippen LogP) is 2.92. The first-order chi connectivity index (χ1) is 13.9. The highest BCUT2D eigenvalue weighted by atomic mass is 19.1. The standard InChI is InChI=1S/C23H29FN2O3/c1-17(2)23(29)26(16-19-9-11-20(24)12-10-19)21(22(28)25-13-6-14-27)15-18-7-4-3-5-8-18/h3-5,7-12,17,21,27H,6,13-16H2,1-2H3,(H,25,28)/t21-/m1/s1. The van der Waals surface area contributed by atoms with Crippen molar-refractivity contribution in [2.24, 2.45) is 5.92 Å². The number of nitrogens with one attached hydrogen (secondary N) is 1. The van der Waals surface area contributed by atoms with Gasteiger partial charge in [-0.2, -0.15) is 0 Å². The van der Waals surface area contributed by atoms with E-state index in [1.165, 1.54) is 12.1 Å². The SMILES string of the molecule is CC(C)C(=O)N(Cc1ccc(F)cc1)[C@H](Cc1ccccc1)C(=O)NCCCO. The molecule has 156 valence electrons. The van der Waals surface area contributed by atoms with Crippen LogP contribution in [0.25, 0.3) is 0 Å². The van der Waals surface area contributed by atoms with Crippen molar-refractivity contribution in [1.29, 1.82) is 0 Å². The molecule has 2 aromatic rings. The van der Waals surface area contributed by atoms with E-state index in [1.807, 2.05) is 30.3 Å². The first-order valence-electron chi connectivity index (χ1n) is 9.89. The number of aliphatic hydroxyl groups excluding tert-OH is 1. The molecule has 1 atom stereocenters. The second-order valence-electron chi connectivity index (χ2n) is 7.32. The minimum atomic E-state index is -0.712. The van der Waals surface area contributed by atoms with E-state index in [0.29, 0.717) is 19.4 Å². The molecule has 2 aromatic carbocycles. The molecule has 0 saturated carbocycles. The van der Waals surface area contributed by atoms with Crippen molar-refractivity contribution >= 4 is 11.8 Å². The van der Waals surface area contributed by atoms with E-state index in [1.54, 1.807) is 30.9 Å². The Balaban J connectivity index is 2.33. The van der Waals surface area contributed by atoms with Gasteiger partial charge >= 0.3 is 0 Å². The molecular formula is C23H29FN2O3. The molecule has 0 aliphatic carbocycles. The molecule has 2 amide bonds. The second kappa shape index (κ2) is 11.3. The number of hydrogen-bond donors (Lipinski definition) is 2. The molecule has 2 rings (SSSR count). The Morgan fingerprint density at radius 1 is 1.03 bits per heavy atom. The van der Waals surface area contributed by atoms with E-state index in [4.69, 9.17) is 5.11 Å². The molecular weight excluding hydrogens is 371 g/mol. The van der Waals surface area contributed by atoms with Crippen LogP contribution in [0.3, 0.4) is 0 Å². The van der Waals surface area contributed by atoms with Gasteiger partial charge in [-0.3, -0.25) is 9.59 Å². The molecule has 0 radical (unpaired) electrons. The predicted molar refractivity (Wildman–Crippen MR) is 110 cm³/mol. The number of nitrogens with zero attached hydrogens (tertiary/aromatic N) is 1. The Labute approximate surface area is 171 Å². The van der Waals surface area contributed by atoms with Gasteiger partial charge in [0.1, 0.15) is 11.9 Å². The molecule has 0 fully saturated rings. The average molecular weight is 400 g/mol. The number of carbonyl (C=O) groups excluding carboxylic acids is 2. The lowest BCUT2D eigenvalue weighted by molar-refractivity contribution is -0.143. The Kier molecular flexibility index (Phi) is 8.80. The quantitative estimate of drug-likeness (QED) is 0.603. The van der Waals surface area contributed by atoms with Crippen LogP contribution in [-0.4, -0.2) is 41.0 Å². The smallest absolute Gasteiger partial charge is 0.243 e. The number of halogens is 1. The summed E-state index contributed by atoms with van der Waals surface area (Å²) in [5, 5.41) is 11.8. The maximum absolute atomic E-state index is 13.3. The van der Waals surface area contributed by atoms with Crippen molar-refractivity contribution in [3.05, 3.63) is 71.5 Å². The largest absolute Gasteiger partial charge is 0.396 e. The van der Waals surface area contributed by atoms with Gasteiger partial charge in [-0.15, -0.1) is 0 Å². The summed E-state index contributed by atoms with van der Waals surface area (Å²) in [4.78, 5) is 27.6. The average Bonchev–Trinajstić information content (AvgIpc) is 2.72. The van der Waals surface area contributed by atoms with Crippen molar-refractivity contribution in [3.8, 4) is 0 Å². The zero-order valence-corrected chi connectivity index (χ0v) is 17.0. The van der Waals surface area contributed by atoms with Crippen LogP contribution in [0, 0.1) is 11.7 Å². The lowest BCUT2D eigenvalue weighted by Gasteiger charge is -2.32. The van der Waals surface area contributed by atoms with E-state index in [-0.39, 0.29) is 36.7 Å². The zero-order chi connectivity index (χ0) is 21.2. The fourth-order valence-electron chi connectivity index (χ4n) is 3.05. The van der Waals surface area contributed by atoms with E-state index < -0.39 is 6.04 Å². The Bertz CT molecular complexity index is 778. The lowest BCUT2D eigenvalue weighted by Crippen LogP contribution is -2.51. The molecule has 0 spiro atoms. The van der Waals surface area contributed by atoms with Gasteiger partial charge in [-0.25, -0.2) is 4.39 Å². The molecule has 2 N–H and O–H groups in total. The topological polar surface area (TPSA) is 69.6 Å². The van der Waals surface area contributed by atoms with Gasteiger partial charge in [-0.1, -0.05) is 56.3 Å². The molecule has 0 aliphatic heterocycles. The number of amides is 2. The zero-order valence-electron chi connectivity index (χ0n) is 17.0. The molecule has 0 aliphatic rings. The molecule has 0 aromatic heterocycles. The van der Waals surface area contributed by atoms with E-state index >= 15 is 0 Å². The van der Waals surface area contributed by atoms with Crippen LogP contribution in [0.15, 0.2) is 54.6 Å². The monoisotopic (exact) mass is 400 g/mol. The van der Waals surface area contributed by atoms with Gasteiger partial charge in [0.2, 0.25) is 11.8 Å². The van der Waals surface area contributed by atoms with Gasteiger partial charge in [-0.05, 0) is 29.7 Å². The fraction of sp³-hybridized carbons (Fsp3) is 0.391. The summed E-state index contributed by atoms with van der Waals surface area (Å²) in [6.07, 6.45) is 0.811. The minimum absolute atomic E-state index is 0.0200. The van der Waals surface area contributed by atoms with Crippen LogP contribution < -0.4 is 5.32 Å². The summed E-state index contributed by atoms with van der Waals surface area (Å²) in [6, 6.07) is 14.8. The Morgan fingerprint density at radius 2 is 1.69 bits per heavy atom. The molecule has 0 unspecified atom stereocenters. The van der Waals surface area contributed by atoms with Crippen LogP contribution in [0.4, 0.5) is 4.39 Å². The number of carbonyl (C=O) groups is 2. The molecule has 0 saturated heterocycles. The number of hydrogen-bond acceptors (Lipinski definition) is 3. The third-order valence-electron chi connectivity index (χ3n) is 4.63. The molecule has 0 bridgehead atoms. The van der Waals surface area contributed by atoms with Crippen LogP contribution in [0.5, 0.6) is 0 Å². The van der Waals surface area contributed by atoms with Crippen molar-refractivity contribution in [3.63, 3.8) is 0 Å². The molecule has 5 nitrogen and oxygen atoms in total. The molecule has 29 heavy (non-hydrogen) atoms. The van der Waals surface area contributed by atoms with Gasteiger partial charge in [0.05, 0.1) is 0 Å². The highest BCUT2D eigenvalue weighted by Crippen LogP contribution is 2.17. The van der Waals surface area contributed by atoms with Crippen LogP contribution >= 0.6 is 0 Å².